The Kier molecular flexibility index (Phi) is 5.82. The largest absolute Gasteiger partial charge is 0.508 e. The van der Waals surface area contributed by atoms with Crippen molar-refractivity contribution >= 4 is 12.0 Å². The number of phenolic OH excluding ortho intramolecular Hbond substituents is 1. The molecule has 1 fully saturated rings. The first kappa shape index (κ1) is 16.3. The van der Waals surface area contributed by atoms with Gasteiger partial charge < -0.3 is 10.0 Å². The molecule has 1 aliphatic rings. The SMILES string of the molecule is C/C(=C\C=C\c1ccc(C)c(O)c1)C(=O)N1CCCCCC1. The van der Waals surface area contributed by atoms with Crippen LogP contribution in [0.25, 0.3) is 6.08 Å². The number of amides is 1. The standard InChI is InChI=1S/C19H25NO2/c1-15-10-11-17(14-18(15)21)9-7-8-16(2)19(22)20-12-5-3-4-6-13-20/h7-11,14,21H,3-6,12-13H2,1-2H3/b9-7+,16-8+. The van der Waals surface area contributed by atoms with Gasteiger partial charge in [-0.2, -0.15) is 0 Å². The summed E-state index contributed by atoms with van der Waals surface area (Å²) in [4.78, 5) is 14.3. The molecule has 0 aromatic heterocycles. The zero-order valence-corrected chi connectivity index (χ0v) is 13.5. The maximum absolute atomic E-state index is 12.4. The normalized spacial score (nSPS) is 16.8. The first-order valence-corrected chi connectivity index (χ1v) is 8.02. The van der Waals surface area contributed by atoms with Crippen LogP contribution in [-0.2, 0) is 4.79 Å². The molecule has 118 valence electrons. The summed E-state index contributed by atoms with van der Waals surface area (Å²) < 4.78 is 0. The molecule has 0 atom stereocenters. The molecule has 1 amide bonds. The van der Waals surface area contributed by atoms with Crippen molar-refractivity contribution in [2.24, 2.45) is 0 Å². The highest BCUT2D eigenvalue weighted by atomic mass is 16.3. The number of rotatable bonds is 3. The number of phenols is 1. The third-order valence-corrected chi connectivity index (χ3v) is 4.10. The fraction of sp³-hybridized carbons (Fsp3) is 0.421. The summed E-state index contributed by atoms with van der Waals surface area (Å²) in [5.41, 5.74) is 2.55. The molecule has 3 heteroatoms. The van der Waals surface area contributed by atoms with Gasteiger partial charge in [-0.05, 0) is 43.9 Å². The van der Waals surface area contributed by atoms with Gasteiger partial charge in [0.15, 0.2) is 0 Å². The van der Waals surface area contributed by atoms with Crippen LogP contribution in [0.5, 0.6) is 5.75 Å². The fourth-order valence-electron chi connectivity index (χ4n) is 2.63. The van der Waals surface area contributed by atoms with E-state index in [9.17, 15) is 9.90 Å². The summed E-state index contributed by atoms with van der Waals surface area (Å²) in [6.07, 6.45) is 10.3. The molecule has 22 heavy (non-hydrogen) atoms. The molecule has 1 saturated heterocycles. The molecule has 0 saturated carbocycles. The summed E-state index contributed by atoms with van der Waals surface area (Å²) in [7, 11) is 0. The molecular weight excluding hydrogens is 274 g/mol. The molecule has 0 aliphatic carbocycles. The van der Waals surface area contributed by atoms with E-state index >= 15 is 0 Å². The maximum Gasteiger partial charge on any atom is 0.249 e. The topological polar surface area (TPSA) is 40.5 Å². The van der Waals surface area contributed by atoms with E-state index in [1.807, 2.05) is 49.1 Å². The van der Waals surface area contributed by atoms with Crippen LogP contribution in [0.4, 0.5) is 0 Å². The van der Waals surface area contributed by atoms with E-state index in [1.54, 1.807) is 6.07 Å². The van der Waals surface area contributed by atoms with Crippen LogP contribution >= 0.6 is 0 Å². The van der Waals surface area contributed by atoms with E-state index in [4.69, 9.17) is 0 Å². The zero-order chi connectivity index (χ0) is 15.9. The molecule has 1 heterocycles. The number of hydrogen-bond donors (Lipinski definition) is 1. The summed E-state index contributed by atoms with van der Waals surface area (Å²) in [5, 5.41) is 9.68. The van der Waals surface area contributed by atoms with Crippen molar-refractivity contribution in [3.63, 3.8) is 0 Å². The lowest BCUT2D eigenvalue weighted by Gasteiger charge is -2.20. The molecule has 1 aromatic rings. The van der Waals surface area contributed by atoms with Gasteiger partial charge in [0.25, 0.3) is 0 Å². The molecule has 2 rings (SSSR count). The first-order chi connectivity index (χ1) is 10.6. The lowest BCUT2D eigenvalue weighted by atomic mass is 10.1. The highest BCUT2D eigenvalue weighted by Gasteiger charge is 2.16. The Morgan fingerprint density at radius 1 is 1.18 bits per heavy atom. The number of aryl methyl sites for hydroxylation is 1. The van der Waals surface area contributed by atoms with E-state index in [-0.39, 0.29) is 5.91 Å². The minimum atomic E-state index is 0.137. The fourth-order valence-corrected chi connectivity index (χ4v) is 2.63. The molecule has 0 unspecified atom stereocenters. The number of nitrogens with zero attached hydrogens (tertiary/aromatic N) is 1. The van der Waals surface area contributed by atoms with Crippen LogP contribution in [0, 0.1) is 6.92 Å². The van der Waals surface area contributed by atoms with Gasteiger partial charge in [0.05, 0.1) is 0 Å². The molecule has 0 bridgehead atoms. The van der Waals surface area contributed by atoms with E-state index in [1.165, 1.54) is 12.8 Å². The van der Waals surface area contributed by atoms with Gasteiger partial charge in [0.2, 0.25) is 5.91 Å². The summed E-state index contributed by atoms with van der Waals surface area (Å²) >= 11 is 0. The van der Waals surface area contributed by atoms with E-state index in [2.05, 4.69) is 0 Å². The molecule has 1 aliphatic heterocycles. The molecule has 3 nitrogen and oxygen atoms in total. The second-order valence-electron chi connectivity index (χ2n) is 5.96. The van der Waals surface area contributed by atoms with Crippen molar-refractivity contribution in [1.29, 1.82) is 0 Å². The Labute approximate surface area is 133 Å². The number of carbonyl (C=O) groups excluding carboxylic acids is 1. The van der Waals surface area contributed by atoms with Gasteiger partial charge in [0.1, 0.15) is 5.75 Å². The van der Waals surface area contributed by atoms with Crippen molar-refractivity contribution in [2.45, 2.75) is 39.5 Å². The third-order valence-electron chi connectivity index (χ3n) is 4.10. The zero-order valence-electron chi connectivity index (χ0n) is 13.5. The molecular formula is C19H25NO2. The van der Waals surface area contributed by atoms with Crippen molar-refractivity contribution < 1.29 is 9.90 Å². The number of carbonyl (C=O) groups is 1. The van der Waals surface area contributed by atoms with Gasteiger partial charge in [-0.3, -0.25) is 4.79 Å². The minimum Gasteiger partial charge on any atom is -0.508 e. The van der Waals surface area contributed by atoms with Gasteiger partial charge >= 0.3 is 0 Å². The minimum absolute atomic E-state index is 0.137. The Bertz CT molecular complexity index is 579. The Balaban J connectivity index is 1.99. The van der Waals surface area contributed by atoms with Crippen molar-refractivity contribution in [1.82, 2.24) is 4.90 Å². The maximum atomic E-state index is 12.4. The molecule has 0 radical (unpaired) electrons. The molecule has 1 N–H and O–H groups in total. The van der Waals surface area contributed by atoms with Crippen LogP contribution in [0.1, 0.15) is 43.7 Å². The number of aromatic hydroxyl groups is 1. The monoisotopic (exact) mass is 299 g/mol. The number of benzene rings is 1. The Morgan fingerprint density at radius 3 is 2.50 bits per heavy atom. The lowest BCUT2D eigenvalue weighted by molar-refractivity contribution is -0.127. The summed E-state index contributed by atoms with van der Waals surface area (Å²) in [5.74, 6) is 0.432. The van der Waals surface area contributed by atoms with Crippen LogP contribution in [-0.4, -0.2) is 29.0 Å². The van der Waals surface area contributed by atoms with Gasteiger partial charge in [-0.25, -0.2) is 0 Å². The van der Waals surface area contributed by atoms with Crippen LogP contribution < -0.4 is 0 Å². The number of allylic oxidation sites excluding steroid dienone is 2. The van der Waals surface area contributed by atoms with E-state index < -0.39 is 0 Å². The number of likely N-dealkylation sites (tertiary alicyclic amines) is 1. The Hall–Kier alpha value is -2.03. The highest BCUT2D eigenvalue weighted by molar-refractivity contribution is 5.93. The third kappa shape index (κ3) is 4.48. The van der Waals surface area contributed by atoms with E-state index in [0.29, 0.717) is 5.75 Å². The molecule has 0 spiro atoms. The van der Waals surface area contributed by atoms with Gasteiger partial charge in [0, 0.05) is 18.7 Å². The average molecular weight is 299 g/mol. The van der Waals surface area contributed by atoms with Gasteiger partial charge in [-0.1, -0.05) is 43.2 Å². The van der Waals surface area contributed by atoms with Crippen molar-refractivity contribution in [2.75, 3.05) is 13.1 Å². The first-order valence-electron chi connectivity index (χ1n) is 8.02. The average Bonchev–Trinajstić information content (AvgIpc) is 2.79. The highest BCUT2D eigenvalue weighted by Crippen LogP contribution is 2.18. The smallest absolute Gasteiger partial charge is 0.249 e. The molecule has 1 aromatic carbocycles. The van der Waals surface area contributed by atoms with Crippen LogP contribution in [0.3, 0.4) is 0 Å². The summed E-state index contributed by atoms with van der Waals surface area (Å²) in [6, 6.07) is 5.56. The number of hydrogen-bond acceptors (Lipinski definition) is 2. The van der Waals surface area contributed by atoms with Gasteiger partial charge in [-0.15, -0.1) is 0 Å². The quantitative estimate of drug-likeness (QED) is 0.675. The predicted molar refractivity (Wildman–Crippen MR) is 90.7 cm³/mol. The lowest BCUT2D eigenvalue weighted by Crippen LogP contribution is -2.32. The van der Waals surface area contributed by atoms with Crippen LogP contribution in [0.2, 0.25) is 0 Å². The van der Waals surface area contributed by atoms with Crippen molar-refractivity contribution in [3.05, 3.63) is 47.1 Å². The van der Waals surface area contributed by atoms with Crippen LogP contribution in [0.15, 0.2) is 35.9 Å². The second kappa shape index (κ2) is 7.83. The summed E-state index contributed by atoms with van der Waals surface area (Å²) in [6.45, 7) is 5.48. The predicted octanol–water partition coefficient (Wildman–Crippen LogP) is 4.06. The second-order valence-corrected chi connectivity index (χ2v) is 5.96. The Morgan fingerprint density at radius 2 is 1.86 bits per heavy atom. The van der Waals surface area contributed by atoms with E-state index in [0.717, 1.165) is 42.6 Å². The van der Waals surface area contributed by atoms with Crippen molar-refractivity contribution in [3.8, 4) is 5.75 Å².